The molecule has 3 aromatic heterocycles. The zero-order chi connectivity index (χ0) is 51.8. The number of rotatable bonds is 8. The van der Waals surface area contributed by atoms with Gasteiger partial charge in [-0.05, 0) is 96.6 Å². The van der Waals surface area contributed by atoms with Gasteiger partial charge in [0.25, 0.3) is 0 Å². The van der Waals surface area contributed by atoms with Crippen LogP contribution in [0.2, 0.25) is 19.6 Å². The van der Waals surface area contributed by atoms with Crippen molar-refractivity contribution < 1.29 is 31.4 Å². The fraction of sp³-hybridized carbons (Fsp3) is 0.290. The Morgan fingerprint density at radius 3 is 2.07 bits per heavy atom. The third kappa shape index (κ3) is 9.53. The van der Waals surface area contributed by atoms with Crippen LogP contribution in [0, 0.1) is 24.4 Å². The first kappa shape index (κ1) is 42.4. The Balaban J connectivity index is 0.000000285. The summed E-state index contributed by atoms with van der Waals surface area (Å²) in [5, 5.41) is 7.51. The SMILES string of the molecule is [2H]C([2H])([2H])c1c[c-]c(-c2ccc([Si](C)(C)C)cn2)cc1.[2H]C([2H])(c1c[c-]c(-c2nc3ccccc3n2-c2c(C(C)C)cc(C(C)C)cc2C(C)C)c2oc3cc4c(ccc5ccccc54)cc3c12)C(C)(C)C.[Ir]. The van der Waals surface area contributed by atoms with E-state index in [9.17, 15) is 2.74 Å². The van der Waals surface area contributed by atoms with Crippen molar-refractivity contribution in [2.45, 2.75) is 113 Å². The monoisotopic (exact) mass is 1090 g/mol. The smallest absolute Gasteiger partial charge is 0.121 e. The van der Waals surface area contributed by atoms with E-state index in [0.29, 0.717) is 22.6 Å². The van der Waals surface area contributed by atoms with Crippen molar-refractivity contribution in [1.29, 1.82) is 0 Å². The summed E-state index contributed by atoms with van der Waals surface area (Å²) in [6.07, 6.45) is 0.241. The number of furan rings is 1. The minimum absolute atomic E-state index is 0. The van der Waals surface area contributed by atoms with Crippen LogP contribution in [-0.4, -0.2) is 22.6 Å². The number of benzene rings is 7. The van der Waals surface area contributed by atoms with Crippen molar-refractivity contribution in [2.75, 3.05) is 0 Å². The van der Waals surface area contributed by atoms with Gasteiger partial charge in [0.2, 0.25) is 0 Å². The summed E-state index contributed by atoms with van der Waals surface area (Å²) in [7, 11) is -1.34. The maximum Gasteiger partial charge on any atom is 0.121 e. The average Bonchev–Trinajstić information content (AvgIpc) is 3.90. The van der Waals surface area contributed by atoms with Crippen LogP contribution in [0.15, 0.2) is 132 Å². The van der Waals surface area contributed by atoms with Crippen molar-refractivity contribution in [3.8, 4) is 28.3 Å². The number of pyridine rings is 1. The molecule has 0 atom stereocenters. The number of nitrogens with zero attached hydrogens (tertiary/aromatic N) is 3. The van der Waals surface area contributed by atoms with Gasteiger partial charge >= 0.3 is 0 Å². The predicted molar refractivity (Wildman–Crippen MR) is 289 cm³/mol. The van der Waals surface area contributed by atoms with Gasteiger partial charge in [-0.25, -0.2) is 0 Å². The molecule has 0 unspecified atom stereocenters. The van der Waals surface area contributed by atoms with Crippen LogP contribution in [0.3, 0.4) is 0 Å². The van der Waals surface area contributed by atoms with Crippen molar-refractivity contribution in [3.63, 3.8) is 0 Å². The molecule has 349 valence electrons. The molecule has 0 amide bonds. The number of imidazole rings is 1. The quantitative estimate of drug-likeness (QED) is 0.0865. The van der Waals surface area contributed by atoms with Crippen LogP contribution in [0.5, 0.6) is 0 Å². The Kier molecular flexibility index (Phi) is 11.9. The molecule has 0 aliphatic carbocycles. The molecule has 10 aromatic rings. The molecular formula is C62H65IrN3OSi-2. The number of hydrogen-bond acceptors (Lipinski definition) is 3. The van der Waals surface area contributed by atoms with Gasteiger partial charge < -0.3 is 14.0 Å². The number of aromatic nitrogens is 3. The van der Waals surface area contributed by atoms with E-state index in [4.69, 9.17) is 13.5 Å². The molecule has 1 radical (unpaired) electrons. The van der Waals surface area contributed by atoms with Crippen molar-refractivity contribution in [2.24, 2.45) is 5.41 Å². The molecule has 4 nitrogen and oxygen atoms in total. The molecule has 0 aliphatic heterocycles. The largest absolute Gasteiger partial charge is 0.501 e. The summed E-state index contributed by atoms with van der Waals surface area (Å²) in [4.78, 5) is 9.82. The minimum atomic E-state index is -2.08. The van der Waals surface area contributed by atoms with E-state index in [1.165, 1.54) is 33.3 Å². The number of fused-ring (bicyclic) bond motifs is 7. The van der Waals surface area contributed by atoms with Gasteiger partial charge in [-0.15, -0.1) is 53.1 Å². The van der Waals surface area contributed by atoms with E-state index < -0.39 is 26.7 Å². The normalized spacial score (nSPS) is 13.7. The summed E-state index contributed by atoms with van der Waals surface area (Å²) in [6, 6.07) is 47.6. The molecular weight excluding hydrogens is 1020 g/mol. The van der Waals surface area contributed by atoms with E-state index in [-0.39, 0.29) is 31.9 Å². The first-order chi connectivity index (χ1) is 33.8. The molecule has 10 rings (SSSR count). The van der Waals surface area contributed by atoms with Crippen LogP contribution in [0.25, 0.3) is 82.8 Å². The Labute approximate surface area is 425 Å². The van der Waals surface area contributed by atoms with Gasteiger partial charge in [0, 0.05) is 44.2 Å². The van der Waals surface area contributed by atoms with E-state index in [0.717, 1.165) is 71.9 Å². The van der Waals surface area contributed by atoms with Crippen LogP contribution in [0.4, 0.5) is 0 Å². The molecule has 0 fully saturated rings. The molecule has 0 spiro atoms. The van der Waals surface area contributed by atoms with Gasteiger partial charge in [-0.1, -0.05) is 179 Å². The maximum absolute atomic E-state index is 9.51. The summed E-state index contributed by atoms with van der Waals surface area (Å²) < 4.78 is 50.4. The van der Waals surface area contributed by atoms with Crippen LogP contribution in [-0.2, 0) is 26.5 Å². The number of aryl methyl sites for hydroxylation is 1. The van der Waals surface area contributed by atoms with Crippen LogP contribution in [0.1, 0.15) is 115 Å². The summed E-state index contributed by atoms with van der Waals surface area (Å²) >= 11 is 0. The standard InChI is InChI=1S/C47H47N2O.C15H18NSi.Ir/c1-27(2)33-23-36(28(3)4)44(37(24-33)29(5)6)49-41-17-13-12-16-40(41)48-46(49)35-21-20-32(26-47(7,8)9)43-39-22-31-19-18-30-14-10-11-15-34(30)38(31)25-42(39)50-45(35)43;1-12-5-7-13(8-6-12)15-10-9-14(11-16-15)17(2,3)4;/h10-20,22-25,27-29H,26H2,1-9H3;5-7,9-11H,1-4H3;/q2*-1;/i26D2;1D3;. The molecule has 0 saturated carbocycles. The van der Waals surface area contributed by atoms with Crippen LogP contribution >= 0.6 is 0 Å². The first-order valence-electron chi connectivity index (χ1n) is 26.2. The zero-order valence-corrected chi connectivity index (χ0v) is 44.8. The first-order valence-corrected chi connectivity index (χ1v) is 27.2. The van der Waals surface area contributed by atoms with Crippen molar-refractivity contribution in [1.82, 2.24) is 14.5 Å². The molecule has 6 heteroatoms. The summed E-state index contributed by atoms with van der Waals surface area (Å²) in [5.74, 6) is 1.66. The van der Waals surface area contributed by atoms with E-state index in [2.05, 4.69) is 168 Å². The van der Waals surface area contributed by atoms with Gasteiger partial charge in [0.1, 0.15) is 5.58 Å². The molecule has 0 saturated heterocycles. The zero-order valence-electron chi connectivity index (χ0n) is 46.4. The van der Waals surface area contributed by atoms with E-state index in [1.54, 1.807) is 12.1 Å². The molecule has 3 heterocycles. The minimum Gasteiger partial charge on any atom is -0.501 e. The fourth-order valence-electron chi connectivity index (χ4n) is 9.17. The third-order valence-corrected chi connectivity index (χ3v) is 14.8. The summed E-state index contributed by atoms with van der Waals surface area (Å²) in [6.45, 7) is 24.2. The van der Waals surface area contributed by atoms with E-state index in [1.807, 2.05) is 45.2 Å². The van der Waals surface area contributed by atoms with Gasteiger partial charge in [-0.2, -0.15) is 0 Å². The van der Waals surface area contributed by atoms with Gasteiger partial charge in [0.05, 0.1) is 30.5 Å². The van der Waals surface area contributed by atoms with E-state index >= 15 is 0 Å². The molecule has 7 aromatic carbocycles. The molecule has 68 heavy (non-hydrogen) atoms. The second-order valence-corrected chi connectivity index (χ2v) is 26.1. The average molecular weight is 1090 g/mol. The van der Waals surface area contributed by atoms with Gasteiger partial charge in [-0.3, -0.25) is 4.98 Å². The Morgan fingerprint density at radius 1 is 0.735 bits per heavy atom. The third-order valence-electron chi connectivity index (χ3n) is 12.7. The molecule has 0 N–H and O–H groups in total. The maximum atomic E-state index is 9.51. The van der Waals surface area contributed by atoms with Crippen LogP contribution < -0.4 is 5.19 Å². The van der Waals surface area contributed by atoms with Crippen molar-refractivity contribution >= 4 is 67.8 Å². The number of para-hydroxylation sites is 2. The Morgan fingerprint density at radius 2 is 1.44 bits per heavy atom. The van der Waals surface area contributed by atoms with Crippen molar-refractivity contribution in [3.05, 3.63) is 167 Å². The fourth-order valence-corrected chi connectivity index (χ4v) is 10.2. The molecule has 0 aliphatic rings. The summed E-state index contributed by atoms with van der Waals surface area (Å²) in [5.41, 5.74) is 10.8. The Bertz CT molecular complexity index is 3570. The Hall–Kier alpha value is -5.65. The topological polar surface area (TPSA) is 43.9 Å². The number of hydrogen-bond donors (Lipinski definition) is 0. The second kappa shape index (κ2) is 19.0. The van der Waals surface area contributed by atoms with Gasteiger partial charge in [0.15, 0.2) is 0 Å². The predicted octanol–water partition coefficient (Wildman–Crippen LogP) is 17.1. The second-order valence-electron chi connectivity index (χ2n) is 21.1. The molecule has 0 bridgehead atoms.